The summed E-state index contributed by atoms with van der Waals surface area (Å²) in [7, 11) is 0. The number of carbonyl (C=O) groups excluding carboxylic acids is 3. The number of fused-ring (bicyclic) bond motifs is 1. The van der Waals surface area contributed by atoms with Crippen molar-refractivity contribution in [3.05, 3.63) is 44.5 Å². The lowest BCUT2D eigenvalue weighted by Crippen LogP contribution is -2.22. The van der Waals surface area contributed by atoms with Crippen molar-refractivity contribution in [3.63, 3.8) is 0 Å². The van der Waals surface area contributed by atoms with Gasteiger partial charge in [0.2, 0.25) is 0 Å². The number of ether oxygens (including phenoxy) is 1. The second-order valence-electron chi connectivity index (χ2n) is 6.42. The van der Waals surface area contributed by atoms with E-state index in [1.807, 2.05) is 17.5 Å². The molecule has 1 aliphatic rings. The third-order valence-electron chi connectivity index (χ3n) is 4.28. The maximum Gasteiger partial charge on any atom is 0.331 e. The number of carbonyl (C=O) groups is 3. The topological polar surface area (TPSA) is 98.5 Å². The van der Waals surface area contributed by atoms with Crippen LogP contribution in [0, 0.1) is 5.92 Å². The average molecular weight is 405 g/mol. The molecule has 0 saturated carbocycles. The van der Waals surface area contributed by atoms with Crippen LogP contribution in [0.25, 0.3) is 6.08 Å². The van der Waals surface area contributed by atoms with Gasteiger partial charge in [0.05, 0.1) is 5.56 Å². The molecule has 142 valence electrons. The first-order chi connectivity index (χ1) is 12.9. The Bertz CT molecular complexity index is 884. The summed E-state index contributed by atoms with van der Waals surface area (Å²) < 4.78 is 4.95. The second kappa shape index (κ2) is 8.49. The fourth-order valence-corrected chi connectivity index (χ4v) is 5.03. The number of thiophene rings is 2. The summed E-state index contributed by atoms with van der Waals surface area (Å²) in [4.78, 5) is 37.7. The van der Waals surface area contributed by atoms with Crippen LogP contribution in [0.15, 0.2) is 23.6 Å². The maximum absolute atomic E-state index is 12.1. The zero-order valence-electron chi connectivity index (χ0n) is 14.8. The van der Waals surface area contributed by atoms with E-state index in [0.717, 1.165) is 34.6 Å². The summed E-state index contributed by atoms with van der Waals surface area (Å²) in [6, 6.07) is 3.74. The smallest absolute Gasteiger partial charge is 0.331 e. The van der Waals surface area contributed by atoms with Gasteiger partial charge in [0.25, 0.3) is 11.8 Å². The predicted octanol–water partition coefficient (Wildman–Crippen LogP) is 3.23. The highest BCUT2D eigenvalue weighted by molar-refractivity contribution is 7.17. The van der Waals surface area contributed by atoms with Crippen molar-refractivity contribution in [1.29, 1.82) is 0 Å². The average Bonchev–Trinajstić information content (AvgIpc) is 3.24. The van der Waals surface area contributed by atoms with Crippen LogP contribution in [0.2, 0.25) is 0 Å². The molecule has 0 saturated heterocycles. The minimum atomic E-state index is -0.604. The molecule has 0 aliphatic heterocycles. The van der Waals surface area contributed by atoms with Gasteiger partial charge in [-0.1, -0.05) is 13.0 Å². The van der Waals surface area contributed by atoms with E-state index in [4.69, 9.17) is 10.5 Å². The monoisotopic (exact) mass is 404 g/mol. The zero-order valence-corrected chi connectivity index (χ0v) is 16.5. The van der Waals surface area contributed by atoms with Crippen LogP contribution >= 0.6 is 22.7 Å². The van der Waals surface area contributed by atoms with Gasteiger partial charge in [0, 0.05) is 15.8 Å². The van der Waals surface area contributed by atoms with Crippen LogP contribution in [0.4, 0.5) is 5.00 Å². The fraction of sp³-hybridized carbons (Fsp3) is 0.316. The number of hydrogen-bond acceptors (Lipinski definition) is 6. The zero-order chi connectivity index (χ0) is 19.4. The first-order valence-corrected chi connectivity index (χ1v) is 10.3. The summed E-state index contributed by atoms with van der Waals surface area (Å²) in [5.74, 6) is -1.11. The van der Waals surface area contributed by atoms with Gasteiger partial charge in [0.1, 0.15) is 5.00 Å². The Kier molecular flexibility index (Phi) is 6.08. The Labute approximate surface area is 165 Å². The molecule has 6 nitrogen and oxygen atoms in total. The van der Waals surface area contributed by atoms with Gasteiger partial charge >= 0.3 is 5.97 Å². The van der Waals surface area contributed by atoms with Crippen molar-refractivity contribution in [1.82, 2.24) is 0 Å². The summed E-state index contributed by atoms with van der Waals surface area (Å²) in [5.41, 5.74) is 6.85. The van der Waals surface area contributed by atoms with Crippen LogP contribution in [-0.4, -0.2) is 24.4 Å². The van der Waals surface area contributed by atoms with Crippen LogP contribution in [-0.2, 0) is 27.2 Å². The highest BCUT2D eigenvalue weighted by Gasteiger charge is 2.27. The Balaban J connectivity index is 1.61. The minimum absolute atomic E-state index is 0.388. The third-order valence-corrected chi connectivity index (χ3v) is 6.29. The Morgan fingerprint density at radius 1 is 1.41 bits per heavy atom. The van der Waals surface area contributed by atoms with E-state index < -0.39 is 24.4 Å². The molecular weight excluding hydrogens is 384 g/mol. The summed E-state index contributed by atoms with van der Waals surface area (Å²) >= 11 is 2.87. The number of rotatable bonds is 6. The summed E-state index contributed by atoms with van der Waals surface area (Å²) in [6.07, 6.45) is 5.55. The van der Waals surface area contributed by atoms with Gasteiger partial charge in [-0.05, 0) is 48.3 Å². The second-order valence-corrected chi connectivity index (χ2v) is 8.51. The quantitative estimate of drug-likeness (QED) is 0.570. The van der Waals surface area contributed by atoms with Crippen LogP contribution < -0.4 is 11.1 Å². The molecule has 0 radical (unpaired) electrons. The Morgan fingerprint density at radius 3 is 2.93 bits per heavy atom. The molecule has 1 aliphatic carbocycles. The third kappa shape index (κ3) is 4.84. The normalized spacial score (nSPS) is 16.1. The highest BCUT2D eigenvalue weighted by Crippen LogP contribution is 2.39. The molecule has 0 spiro atoms. The minimum Gasteiger partial charge on any atom is -0.452 e. The van der Waals surface area contributed by atoms with Crippen LogP contribution in [0.3, 0.4) is 0 Å². The largest absolute Gasteiger partial charge is 0.452 e. The van der Waals surface area contributed by atoms with Crippen molar-refractivity contribution < 1.29 is 19.1 Å². The van der Waals surface area contributed by atoms with E-state index in [2.05, 4.69) is 12.2 Å². The first kappa shape index (κ1) is 19.3. The number of hydrogen-bond donors (Lipinski definition) is 2. The lowest BCUT2D eigenvalue weighted by molar-refractivity contribution is -0.142. The lowest BCUT2D eigenvalue weighted by Gasteiger charge is -2.18. The molecule has 27 heavy (non-hydrogen) atoms. The van der Waals surface area contributed by atoms with Crippen molar-refractivity contribution in [3.8, 4) is 0 Å². The van der Waals surface area contributed by atoms with Crippen molar-refractivity contribution >= 4 is 51.5 Å². The molecule has 3 rings (SSSR count). The molecular formula is C19H20N2O4S2. The van der Waals surface area contributed by atoms with Gasteiger partial charge in [-0.3, -0.25) is 9.59 Å². The maximum atomic E-state index is 12.1. The molecule has 2 aromatic rings. The number of amides is 2. The van der Waals surface area contributed by atoms with E-state index in [1.165, 1.54) is 28.7 Å². The predicted molar refractivity (Wildman–Crippen MR) is 107 cm³/mol. The first-order valence-electron chi connectivity index (χ1n) is 8.56. The molecule has 0 bridgehead atoms. The van der Waals surface area contributed by atoms with E-state index in [9.17, 15) is 14.4 Å². The summed E-state index contributed by atoms with van der Waals surface area (Å²) in [6.45, 7) is 1.73. The van der Waals surface area contributed by atoms with E-state index in [0.29, 0.717) is 16.5 Å². The molecule has 2 heterocycles. The van der Waals surface area contributed by atoms with E-state index in [1.54, 1.807) is 6.08 Å². The summed E-state index contributed by atoms with van der Waals surface area (Å²) in [5, 5.41) is 5.01. The van der Waals surface area contributed by atoms with E-state index >= 15 is 0 Å². The van der Waals surface area contributed by atoms with Crippen LogP contribution in [0.1, 0.15) is 39.0 Å². The molecule has 8 heteroatoms. The molecule has 3 N–H and O–H groups in total. The van der Waals surface area contributed by atoms with Gasteiger partial charge in [-0.25, -0.2) is 4.79 Å². The number of anilines is 1. The van der Waals surface area contributed by atoms with Crippen LogP contribution in [0.5, 0.6) is 0 Å². The fourth-order valence-electron chi connectivity index (χ4n) is 2.98. The van der Waals surface area contributed by atoms with Gasteiger partial charge in [-0.15, -0.1) is 22.7 Å². The number of esters is 1. The Hall–Kier alpha value is -2.45. The number of primary amides is 1. The van der Waals surface area contributed by atoms with Crippen molar-refractivity contribution in [2.24, 2.45) is 11.7 Å². The molecule has 0 fully saturated rings. The molecule has 2 amide bonds. The van der Waals surface area contributed by atoms with Gasteiger partial charge < -0.3 is 15.8 Å². The molecule has 0 aromatic carbocycles. The standard InChI is InChI=1S/C19H20N2O4S2/c1-11-4-6-13-14(9-11)27-19(17(13)18(20)24)21-15(22)10-25-16(23)7-5-12-3-2-8-26-12/h2-3,5,7-8,11H,4,6,9-10H2,1H3,(H2,20,24)(H,21,22)/b7-5+/t11-/m1/s1. The number of nitrogens with two attached hydrogens (primary N) is 1. The van der Waals surface area contributed by atoms with E-state index in [-0.39, 0.29) is 0 Å². The molecule has 2 aromatic heterocycles. The van der Waals surface area contributed by atoms with Crippen molar-refractivity contribution in [2.75, 3.05) is 11.9 Å². The Morgan fingerprint density at radius 2 is 2.22 bits per heavy atom. The molecule has 1 atom stereocenters. The molecule has 0 unspecified atom stereocenters. The van der Waals surface area contributed by atoms with Crippen molar-refractivity contribution in [2.45, 2.75) is 26.2 Å². The SMILES string of the molecule is C[C@@H]1CCc2c(sc(NC(=O)COC(=O)/C=C/c3cccs3)c2C(N)=O)C1. The highest BCUT2D eigenvalue weighted by atomic mass is 32.1. The van der Waals surface area contributed by atoms with Gasteiger partial charge in [-0.2, -0.15) is 0 Å². The lowest BCUT2D eigenvalue weighted by atomic mass is 9.88. The van der Waals surface area contributed by atoms with Gasteiger partial charge in [0.15, 0.2) is 6.61 Å². The number of nitrogens with one attached hydrogen (secondary N) is 1.